The highest BCUT2D eigenvalue weighted by Gasteiger charge is 2.23. The van der Waals surface area contributed by atoms with Gasteiger partial charge in [-0.05, 0) is 25.0 Å². The fourth-order valence-electron chi connectivity index (χ4n) is 3.88. The summed E-state index contributed by atoms with van der Waals surface area (Å²) in [6.45, 7) is 12.8. The fourth-order valence-corrected chi connectivity index (χ4v) is 3.88. The summed E-state index contributed by atoms with van der Waals surface area (Å²) in [7, 11) is 1.83. The van der Waals surface area contributed by atoms with E-state index in [9.17, 15) is 0 Å². The maximum absolute atomic E-state index is 5.50. The molecule has 2 heterocycles. The van der Waals surface area contributed by atoms with Gasteiger partial charge in [0.2, 0.25) is 0 Å². The highest BCUT2D eigenvalue weighted by atomic mass is 16.5. The number of imidazole rings is 1. The Morgan fingerprint density at radius 3 is 2.68 bits per heavy atom. The second-order valence-corrected chi connectivity index (χ2v) is 7.64. The van der Waals surface area contributed by atoms with Crippen LogP contribution >= 0.6 is 0 Å². The van der Waals surface area contributed by atoms with Gasteiger partial charge < -0.3 is 19.9 Å². The minimum absolute atomic E-state index is 0.474. The standard InChI is InChI=1S/C21H34N6O/c1-16(2)20(26-11-13-28-14-12-26)15-24-21(22-4)23-9-10-27-17(3)25-18-7-5-6-8-19(18)27/h5-8,16,20H,9-15H2,1-4H3,(H2,22,23,24). The van der Waals surface area contributed by atoms with Crippen LogP contribution in [0.5, 0.6) is 0 Å². The number of fused-ring (bicyclic) bond motifs is 1. The van der Waals surface area contributed by atoms with Crippen molar-refractivity contribution in [3.63, 3.8) is 0 Å². The number of morpholine rings is 1. The van der Waals surface area contributed by atoms with Crippen molar-refractivity contribution >= 4 is 17.0 Å². The van der Waals surface area contributed by atoms with Gasteiger partial charge in [-0.25, -0.2) is 4.98 Å². The number of aromatic nitrogens is 2. The quantitative estimate of drug-likeness (QED) is 0.562. The Kier molecular flexibility index (Phi) is 7.28. The Labute approximate surface area is 168 Å². The average Bonchev–Trinajstić information content (AvgIpc) is 3.02. The third kappa shape index (κ3) is 5.02. The zero-order valence-corrected chi connectivity index (χ0v) is 17.6. The van der Waals surface area contributed by atoms with Gasteiger partial charge in [-0.3, -0.25) is 9.89 Å². The molecular formula is C21H34N6O. The van der Waals surface area contributed by atoms with Crippen molar-refractivity contribution < 1.29 is 4.74 Å². The molecule has 28 heavy (non-hydrogen) atoms. The van der Waals surface area contributed by atoms with E-state index in [1.807, 2.05) is 13.1 Å². The number of ether oxygens (including phenoxy) is 1. The lowest BCUT2D eigenvalue weighted by Gasteiger charge is -2.37. The van der Waals surface area contributed by atoms with Crippen LogP contribution in [-0.2, 0) is 11.3 Å². The summed E-state index contributed by atoms with van der Waals surface area (Å²) in [5.74, 6) is 2.46. The number of hydrogen-bond acceptors (Lipinski definition) is 4. The van der Waals surface area contributed by atoms with Crippen molar-refractivity contribution in [3.05, 3.63) is 30.1 Å². The van der Waals surface area contributed by atoms with Crippen LogP contribution in [0.1, 0.15) is 19.7 Å². The number of guanidine groups is 1. The molecule has 0 aliphatic carbocycles. The fraction of sp³-hybridized carbons (Fsp3) is 0.619. The maximum Gasteiger partial charge on any atom is 0.191 e. The summed E-state index contributed by atoms with van der Waals surface area (Å²) in [5, 5.41) is 6.96. The van der Waals surface area contributed by atoms with Crippen LogP contribution in [0.25, 0.3) is 11.0 Å². The first-order valence-electron chi connectivity index (χ1n) is 10.3. The van der Waals surface area contributed by atoms with Crippen LogP contribution in [-0.4, -0.2) is 72.9 Å². The average molecular weight is 387 g/mol. The normalized spacial score (nSPS) is 17.2. The zero-order chi connectivity index (χ0) is 19.9. The van der Waals surface area contributed by atoms with E-state index < -0.39 is 0 Å². The van der Waals surface area contributed by atoms with E-state index in [4.69, 9.17) is 4.74 Å². The van der Waals surface area contributed by atoms with Crippen LogP contribution in [0.4, 0.5) is 0 Å². The zero-order valence-electron chi connectivity index (χ0n) is 17.6. The highest BCUT2D eigenvalue weighted by molar-refractivity contribution is 5.79. The summed E-state index contributed by atoms with van der Waals surface area (Å²) in [4.78, 5) is 11.6. The molecule has 1 atom stereocenters. The number of benzene rings is 1. The van der Waals surface area contributed by atoms with Crippen molar-refractivity contribution in [2.24, 2.45) is 10.9 Å². The third-order valence-corrected chi connectivity index (χ3v) is 5.46. The number of aliphatic imine (C=N–C) groups is 1. The first kappa shape index (κ1) is 20.6. The molecule has 154 valence electrons. The molecule has 0 bridgehead atoms. The lowest BCUT2D eigenvalue weighted by atomic mass is 10.0. The van der Waals surface area contributed by atoms with Gasteiger partial charge >= 0.3 is 0 Å². The van der Waals surface area contributed by atoms with Gasteiger partial charge in [0.1, 0.15) is 5.82 Å². The summed E-state index contributed by atoms with van der Waals surface area (Å²) < 4.78 is 7.75. The van der Waals surface area contributed by atoms with Crippen molar-refractivity contribution in [2.45, 2.75) is 33.4 Å². The van der Waals surface area contributed by atoms with Crippen LogP contribution < -0.4 is 10.6 Å². The largest absolute Gasteiger partial charge is 0.379 e. The summed E-state index contributed by atoms with van der Waals surface area (Å²) >= 11 is 0. The first-order valence-corrected chi connectivity index (χ1v) is 10.3. The molecule has 2 aromatic rings. The SMILES string of the molecule is CN=C(NCCn1c(C)nc2ccccc21)NCC(C(C)C)N1CCOCC1. The molecule has 0 amide bonds. The minimum atomic E-state index is 0.474. The highest BCUT2D eigenvalue weighted by Crippen LogP contribution is 2.15. The van der Waals surface area contributed by atoms with E-state index in [1.54, 1.807) is 0 Å². The summed E-state index contributed by atoms with van der Waals surface area (Å²) in [5.41, 5.74) is 2.23. The van der Waals surface area contributed by atoms with E-state index in [1.165, 1.54) is 5.52 Å². The lowest BCUT2D eigenvalue weighted by Crippen LogP contribution is -2.52. The second kappa shape index (κ2) is 9.89. The molecule has 0 spiro atoms. The molecule has 1 aromatic heterocycles. The number of para-hydroxylation sites is 2. The van der Waals surface area contributed by atoms with Crippen molar-refractivity contribution in [1.82, 2.24) is 25.1 Å². The molecule has 7 nitrogen and oxygen atoms in total. The lowest BCUT2D eigenvalue weighted by molar-refractivity contribution is 0.00752. The molecule has 2 N–H and O–H groups in total. The Bertz CT molecular complexity index is 778. The van der Waals surface area contributed by atoms with Gasteiger partial charge in [-0.15, -0.1) is 0 Å². The van der Waals surface area contributed by atoms with Gasteiger partial charge in [0.25, 0.3) is 0 Å². The van der Waals surface area contributed by atoms with Crippen LogP contribution in [0.2, 0.25) is 0 Å². The monoisotopic (exact) mass is 386 g/mol. The number of aryl methyl sites for hydroxylation is 1. The maximum atomic E-state index is 5.50. The van der Waals surface area contributed by atoms with E-state index >= 15 is 0 Å². The predicted molar refractivity (Wildman–Crippen MR) is 115 cm³/mol. The number of rotatable bonds is 7. The topological polar surface area (TPSA) is 66.7 Å². The molecule has 1 fully saturated rings. The van der Waals surface area contributed by atoms with E-state index in [2.05, 4.69) is 69.0 Å². The molecular weight excluding hydrogens is 352 g/mol. The van der Waals surface area contributed by atoms with Gasteiger partial charge in [0.05, 0.1) is 24.2 Å². The van der Waals surface area contributed by atoms with Crippen LogP contribution in [0.3, 0.4) is 0 Å². The van der Waals surface area contributed by atoms with Gasteiger partial charge in [-0.1, -0.05) is 26.0 Å². The van der Waals surface area contributed by atoms with Crippen LogP contribution in [0, 0.1) is 12.8 Å². The van der Waals surface area contributed by atoms with Crippen LogP contribution in [0.15, 0.2) is 29.3 Å². The molecule has 7 heteroatoms. The molecule has 1 aromatic carbocycles. The van der Waals surface area contributed by atoms with Crippen molar-refractivity contribution in [1.29, 1.82) is 0 Å². The molecule has 1 saturated heterocycles. The Morgan fingerprint density at radius 2 is 1.96 bits per heavy atom. The Balaban J connectivity index is 1.52. The molecule has 0 saturated carbocycles. The Morgan fingerprint density at radius 1 is 1.21 bits per heavy atom. The predicted octanol–water partition coefficient (Wildman–Crippen LogP) is 1.87. The minimum Gasteiger partial charge on any atom is -0.379 e. The summed E-state index contributed by atoms with van der Waals surface area (Å²) in [6.07, 6.45) is 0. The molecule has 1 unspecified atom stereocenters. The van der Waals surface area contributed by atoms with Gasteiger partial charge in [-0.2, -0.15) is 0 Å². The molecule has 0 radical (unpaired) electrons. The van der Waals surface area contributed by atoms with Crippen molar-refractivity contribution in [2.75, 3.05) is 46.4 Å². The van der Waals surface area contributed by atoms with E-state index in [-0.39, 0.29) is 0 Å². The van der Waals surface area contributed by atoms with E-state index in [0.29, 0.717) is 12.0 Å². The first-order chi connectivity index (χ1) is 13.6. The number of hydrogen-bond donors (Lipinski definition) is 2. The second-order valence-electron chi connectivity index (χ2n) is 7.64. The van der Waals surface area contributed by atoms with Gasteiger partial charge in [0.15, 0.2) is 5.96 Å². The molecule has 3 rings (SSSR count). The molecule has 1 aliphatic heterocycles. The summed E-state index contributed by atoms with van der Waals surface area (Å²) in [6, 6.07) is 8.75. The smallest absolute Gasteiger partial charge is 0.191 e. The number of nitrogens with one attached hydrogen (secondary N) is 2. The third-order valence-electron chi connectivity index (χ3n) is 5.46. The molecule has 1 aliphatic rings. The van der Waals surface area contributed by atoms with Gasteiger partial charge in [0, 0.05) is 45.8 Å². The van der Waals surface area contributed by atoms with Crippen molar-refractivity contribution in [3.8, 4) is 0 Å². The van der Waals surface area contributed by atoms with E-state index in [0.717, 1.165) is 63.2 Å². The Hall–Kier alpha value is -2.12. The number of nitrogens with zero attached hydrogens (tertiary/aromatic N) is 4.